The normalized spacial score (nSPS) is 16.7. The van der Waals surface area contributed by atoms with Gasteiger partial charge in [0.25, 0.3) is 6.48 Å². The van der Waals surface area contributed by atoms with Gasteiger partial charge in [-0.1, -0.05) is 0 Å². The first-order valence-electron chi connectivity index (χ1n) is 10.9. The van der Waals surface area contributed by atoms with Crippen molar-refractivity contribution >= 4 is 11.9 Å². The molecule has 0 aliphatic carbocycles. The van der Waals surface area contributed by atoms with Crippen molar-refractivity contribution in [3.05, 3.63) is 35.5 Å². The largest absolute Gasteiger partial charge is 0.498 e. The summed E-state index contributed by atoms with van der Waals surface area (Å²) in [5.41, 5.74) is 0.473. The highest BCUT2D eigenvalue weighted by Crippen LogP contribution is 2.16. The average molecular weight is 457 g/mol. The van der Waals surface area contributed by atoms with Crippen molar-refractivity contribution in [2.45, 2.75) is 107 Å². The highest BCUT2D eigenvalue weighted by atomic mass is 16.8. The fourth-order valence-electron chi connectivity index (χ4n) is 2.06. The number of carbonyl (C=O) groups excluding carboxylic acids is 2. The molecule has 0 amide bonds. The Morgan fingerprint density at radius 1 is 0.781 bits per heavy atom. The van der Waals surface area contributed by atoms with Crippen LogP contribution >= 0.6 is 0 Å². The van der Waals surface area contributed by atoms with E-state index in [2.05, 4.69) is 4.74 Å². The third kappa shape index (κ3) is 15.6. The zero-order valence-corrected chi connectivity index (χ0v) is 21.1. The molecule has 0 aromatic rings. The van der Waals surface area contributed by atoms with Crippen LogP contribution in [0.1, 0.15) is 75.7 Å². The molecule has 0 bridgehead atoms. The molecule has 0 aromatic carbocycles. The molecule has 2 rings (SSSR count). The van der Waals surface area contributed by atoms with Crippen LogP contribution in [0.15, 0.2) is 35.5 Å². The van der Waals surface area contributed by atoms with E-state index in [-0.39, 0.29) is 36.4 Å². The minimum absolute atomic E-state index is 0.0830. The molecular formula is C24H40O8. The second-order valence-corrected chi connectivity index (χ2v) is 8.24. The van der Waals surface area contributed by atoms with E-state index in [4.69, 9.17) is 23.7 Å². The fourth-order valence-corrected chi connectivity index (χ4v) is 2.06. The lowest BCUT2D eigenvalue weighted by Crippen LogP contribution is -2.29. The highest BCUT2D eigenvalue weighted by molar-refractivity contribution is 5.94. The monoisotopic (exact) mass is 456 g/mol. The molecule has 0 aromatic heterocycles. The summed E-state index contributed by atoms with van der Waals surface area (Å²) in [5.74, 6) is 0.856. The molecule has 0 saturated carbocycles. The molecule has 32 heavy (non-hydrogen) atoms. The Morgan fingerprint density at radius 3 is 1.53 bits per heavy atom. The van der Waals surface area contributed by atoms with E-state index < -0.39 is 6.48 Å². The third-order valence-corrected chi connectivity index (χ3v) is 3.30. The summed E-state index contributed by atoms with van der Waals surface area (Å²) in [5, 5.41) is 0. The van der Waals surface area contributed by atoms with Gasteiger partial charge in [-0.3, -0.25) is 4.79 Å². The number of cyclic esters (lactones) is 2. The molecule has 0 spiro atoms. The van der Waals surface area contributed by atoms with E-state index in [0.29, 0.717) is 17.8 Å². The van der Waals surface area contributed by atoms with Crippen LogP contribution in [0.4, 0.5) is 0 Å². The summed E-state index contributed by atoms with van der Waals surface area (Å²) in [6.45, 7) is 18.5. The van der Waals surface area contributed by atoms with Crippen LogP contribution in [-0.4, -0.2) is 42.8 Å². The quantitative estimate of drug-likeness (QED) is 0.215. The summed E-state index contributed by atoms with van der Waals surface area (Å²) in [6.07, 6.45) is 5.73. The average Bonchev–Trinajstić information content (AvgIpc) is 3.15. The standard InChI is InChI=1S/C10H22O3.C9H12O3.C5H6O2/c1-7(2)11-10(12-8(3)4)13-9(5)6;1-6(2)11-5-8-4-7(3)12-9(8)10;1-4-2-3-5(6)7-4/h7-10H,1-6H3;4-6H,1-3H3;2H,3H2,1H3. The van der Waals surface area contributed by atoms with Crippen LogP contribution in [0.5, 0.6) is 0 Å². The number of hydrogen-bond acceptors (Lipinski definition) is 8. The maximum atomic E-state index is 11.0. The van der Waals surface area contributed by atoms with Gasteiger partial charge in [-0.25, -0.2) is 4.79 Å². The van der Waals surface area contributed by atoms with E-state index in [0.717, 1.165) is 5.76 Å². The maximum absolute atomic E-state index is 11.0. The Balaban J connectivity index is 0.000000469. The van der Waals surface area contributed by atoms with Gasteiger partial charge in [-0.15, -0.1) is 0 Å². The fraction of sp³-hybridized carbons (Fsp3) is 0.667. The van der Waals surface area contributed by atoms with Crippen LogP contribution in [0.25, 0.3) is 0 Å². The number of allylic oxidation sites excluding steroid dienone is 2. The van der Waals surface area contributed by atoms with Crippen molar-refractivity contribution in [1.82, 2.24) is 0 Å². The van der Waals surface area contributed by atoms with Crippen LogP contribution in [0.3, 0.4) is 0 Å². The number of ether oxygens (including phenoxy) is 6. The zero-order valence-electron chi connectivity index (χ0n) is 21.1. The van der Waals surface area contributed by atoms with Gasteiger partial charge in [-0.05, 0) is 81.4 Å². The Hall–Kier alpha value is -2.16. The van der Waals surface area contributed by atoms with E-state index in [9.17, 15) is 9.59 Å². The van der Waals surface area contributed by atoms with Crippen LogP contribution < -0.4 is 0 Å². The van der Waals surface area contributed by atoms with Crippen LogP contribution in [0, 0.1) is 0 Å². The Labute approximate surface area is 192 Å². The first-order valence-corrected chi connectivity index (χ1v) is 10.9. The minimum atomic E-state index is -0.542. The molecule has 0 unspecified atom stereocenters. The van der Waals surface area contributed by atoms with E-state index in [1.165, 1.54) is 6.26 Å². The van der Waals surface area contributed by atoms with Crippen LogP contribution in [0.2, 0.25) is 0 Å². The van der Waals surface area contributed by atoms with Gasteiger partial charge < -0.3 is 28.4 Å². The lowest BCUT2D eigenvalue weighted by molar-refractivity contribution is -0.322. The Kier molecular flexibility index (Phi) is 14.6. The summed E-state index contributed by atoms with van der Waals surface area (Å²) in [7, 11) is 0. The van der Waals surface area contributed by atoms with Crippen LogP contribution in [-0.2, 0) is 38.0 Å². The lowest BCUT2D eigenvalue weighted by atomic mass is 10.3. The van der Waals surface area contributed by atoms with Crippen molar-refractivity contribution in [2.75, 3.05) is 0 Å². The molecule has 0 fully saturated rings. The molecule has 0 atom stereocenters. The summed E-state index contributed by atoms with van der Waals surface area (Å²) >= 11 is 0. The van der Waals surface area contributed by atoms with Gasteiger partial charge in [-0.2, -0.15) is 0 Å². The Bertz CT molecular complexity index is 648. The predicted octanol–water partition coefficient (Wildman–Crippen LogP) is 5.14. The van der Waals surface area contributed by atoms with Gasteiger partial charge >= 0.3 is 11.9 Å². The van der Waals surface area contributed by atoms with Gasteiger partial charge in [0.15, 0.2) is 0 Å². The second kappa shape index (κ2) is 15.6. The van der Waals surface area contributed by atoms with E-state index in [1.54, 1.807) is 26.0 Å². The molecule has 8 heteroatoms. The second-order valence-electron chi connectivity index (χ2n) is 8.24. The third-order valence-electron chi connectivity index (χ3n) is 3.30. The van der Waals surface area contributed by atoms with Gasteiger partial charge in [0.1, 0.15) is 11.5 Å². The van der Waals surface area contributed by atoms with Gasteiger partial charge in [0.2, 0.25) is 0 Å². The van der Waals surface area contributed by atoms with Crippen molar-refractivity contribution < 1.29 is 38.0 Å². The maximum Gasteiger partial charge on any atom is 0.346 e. The molecular weight excluding hydrogens is 416 g/mol. The zero-order chi connectivity index (χ0) is 24.8. The van der Waals surface area contributed by atoms with E-state index in [1.807, 2.05) is 55.4 Å². The molecule has 8 nitrogen and oxygen atoms in total. The first-order chi connectivity index (χ1) is 14.8. The molecule has 0 N–H and O–H groups in total. The topological polar surface area (TPSA) is 89.5 Å². The van der Waals surface area contributed by atoms with Crippen molar-refractivity contribution in [3.8, 4) is 0 Å². The number of esters is 2. The van der Waals surface area contributed by atoms with Gasteiger partial charge in [0.05, 0.1) is 42.7 Å². The summed E-state index contributed by atoms with van der Waals surface area (Å²) < 4.78 is 30.8. The molecule has 2 heterocycles. The Morgan fingerprint density at radius 2 is 1.28 bits per heavy atom. The molecule has 2 aliphatic heterocycles. The lowest BCUT2D eigenvalue weighted by Gasteiger charge is -2.24. The molecule has 0 radical (unpaired) electrons. The summed E-state index contributed by atoms with van der Waals surface area (Å²) in [4.78, 5) is 21.2. The first kappa shape index (κ1) is 29.8. The molecule has 184 valence electrons. The van der Waals surface area contributed by atoms with Gasteiger partial charge in [0, 0.05) is 0 Å². The summed E-state index contributed by atoms with van der Waals surface area (Å²) in [6, 6.07) is 0. The van der Waals surface area contributed by atoms with Crippen molar-refractivity contribution in [3.63, 3.8) is 0 Å². The number of carbonyl (C=O) groups is 2. The van der Waals surface area contributed by atoms with Crippen molar-refractivity contribution in [1.29, 1.82) is 0 Å². The molecule has 0 saturated heterocycles. The predicted molar refractivity (Wildman–Crippen MR) is 121 cm³/mol. The smallest absolute Gasteiger partial charge is 0.346 e. The SMILES string of the molecule is CC(C)OC(OC(C)C)OC(C)C.CC1=CC(=COC(C)C)C(=O)O1.CC1=CCC(=O)O1. The number of hydrogen-bond donors (Lipinski definition) is 0. The van der Waals surface area contributed by atoms with E-state index >= 15 is 0 Å². The number of rotatable bonds is 8. The van der Waals surface area contributed by atoms with Crippen molar-refractivity contribution in [2.24, 2.45) is 0 Å². The minimum Gasteiger partial charge on any atom is -0.498 e. The molecule has 2 aliphatic rings. The highest BCUT2D eigenvalue weighted by Gasteiger charge is 2.18.